The van der Waals surface area contributed by atoms with Crippen LogP contribution in [0.15, 0.2) is 48.5 Å². The van der Waals surface area contributed by atoms with Crippen molar-refractivity contribution in [3.63, 3.8) is 0 Å². The van der Waals surface area contributed by atoms with Gasteiger partial charge in [-0.25, -0.2) is 9.82 Å². The Balaban J connectivity index is 1.60. The van der Waals surface area contributed by atoms with Crippen LogP contribution in [0, 0.1) is 11.7 Å². The van der Waals surface area contributed by atoms with E-state index >= 15 is 0 Å². The van der Waals surface area contributed by atoms with Crippen molar-refractivity contribution in [1.29, 1.82) is 0 Å². The summed E-state index contributed by atoms with van der Waals surface area (Å²) in [6, 6.07) is 13.0. The van der Waals surface area contributed by atoms with Crippen molar-refractivity contribution >= 4 is 11.8 Å². The smallest absolute Gasteiger partial charge is 0.251 e. The third kappa shape index (κ3) is 4.07. The molecule has 0 radical (unpaired) electrons. The Morgan fingerprint density at radius 3 is 2.46 bits per heavy atom. The zero-order chi connectivity index (χ0) is 18.5. The van der Waals surface area contributed by atoms with Crippen molar-refractivity contribution in [3.05, 3.63) is 71.0 Å². The van der Waals surface area contributed by atoms with Crippen molar-refractivity contribution in [2.75, 3.05) is 13.6 Å². The van der Waals surface area contributed by atoms with Crippen LogP contribution in [-0.2, 0) is 11.3 Å². The van der Waals surface area contributed by atoms with E-state index in [2.05, 4.69) is 21.5 Å². The molecular formula is C19H21FN4O2. The Kier molecular flexibility index (Phi) is 5.60. The van der Waals surface area contributed by atoms with Gasteiger partial charge in [-0.15, -0.1) is 0 Å². The Morgan fingerprint density at radius 2 is 1.81 bits per heavy atom. The van der Waals surface area contributed by atoms with E-state index in [4.69, 9.17) is 0 Å². The van der Waals surface area contributed by atoms with Crippen molar-refractivity contribution < 1.29 is 14.0 Å². The second-order valence-electron chi connectivity index (χ2n) is 6.15. The van der Waals surface area contributed by atoms with Crippen LogP contribution in [0.1, 0.15) is 27.5 Å². The molecule has 1 saturated heterocycles. The minimum absolute atomic E-state index is 0.0906. The molecular weight excluding hydrogens is 335 g/mol. The van der Waals surface area contributed by atoms with E-state index in [-0.39, 0.29) is 29.6 Å². The number of nitrogens with one attached hydrogen (secondary N) is 4. The number of hydrazine groups is 1. The van der Waals surface area contributed by atoms with Gasteiger partial charge in [0.05, 0.1) is 12.0 Å². The zero-order valence-corrected chi connectivity index (χ0v) is 14.4. The molecule has 2 unspecified atom stereocenters. The van der Waals surface area contributed by atoms with Crippen LogP contribution in [0.3, 0.4) is 0 Å². The van der Waals surface area contributed by atoms with Gasteiger partial charge < -0.3 is 10.6 Å². The number of halogens is 1. The van der Waals surface area contributed by atoms with E-state index < -0.39 is 0 Å². The predicted molar refractivity (Wildman–Crippen MR) is 95.4 cm³/mol. The van der Waals surface area contributed by atoms with E-state index in [0.29, 0.717) is 18.7 Å². The SMILES string of the molecule is CNC(=O)c1ccc(CNC(=O)C2CNNC2c2ccc(F)cc2)cc1. The number of amides is 2. The van der Waals surface area contributed by atoms with Crippen LogP contribution in [0.25, 0.3) is 0 Å². The maximum atomic E-state index is 13.1. The highest BCUT2D eigenvalue weighted by Crippen LogP contribution is 2.25. The van der Waals surface area contributed by atoms with Crippen molar-refractivity contribution in [2.45, 2.75) is 12.6 Å². The molecule has 1 aliphatic rings. The number of rotatable bonds is 5. The van der Waals surface area contributed by atoms with Crippen molar-refractivity contribution in [1.82, 2.24) is 21.5 Å². The molecule has 0 aromatic heterocycles. The summed E-state index contributed by atoms with van der Waals surface area (Å²) in [6.45, 7) is 0.864. The number of carbonyl (C=O) groups excluding carboxylic acids is 2. The van der Waals surface area contributed by atoms with Crippen molar-refractivity contribution in [3.8, 4) is 0 Å². The maximum absolute atomic E-state index is 13.1. The average molecular weight is 356 g/mol. The molecule has 2 amide bonds. The van der Waals surface area contributed by atoms with Crippen LogP contribution in [0.2, 0.25) is 0 Å². The highest BCUT2D eigenvalue weighted by atomic mass is 19.1. The minimum Gasteiger partial charge on any atom is -0.355 e. The second kappa shape index (κ2) is 8.07. The lowest BCUT2D eigenvalue weighted by atomic mass is 9.94. The number of carbonyl (C=O) groups is 2. The first-order chi connectivity index (χ1) is 12.6. The fourth-order valence-electron chi connectivity index (χ4n) is 2.97. The molecule has 1 fully saturated rings. The second-order valence-corrected chi connectivity index (χ2v) is 6.15. The molecule has 6 nitrogen and oxygen atoms in total. The van der Waals surface area contributed by atoms with E-state index in [9.17, 15) is 14.0 Å². The van der Waals surface area contributed by atoms with Gasteiger partial charge in [0.25, 0.3) is 5.91 Å². The van der Waals surface area contributed by atoms with E-state index in [0.717, 1.165) is 11.1 Å². The molecule has 1 heterocycles. The van der Waals surface area contributed by atoms with Crippen LogP contribution in [0.4, 0.5) is 4.39 Å². The summed E-state index contributed by atoms with van der Waals surface area (Å²) >= 11 is 0. The number of benzene rings is 2. The number of hydrogen-bond donors (Lipinski definition) is 4. The summed E-state index contributed by atoms with van der Waals surface area (Å²) in [5.41, 5.74) is 8.39. The van der Waals surface area contributed by atoms with Gasteiger partial charge in [-0.3, -0.25) is 15.0 Å². The molecule has 136 valence electrons. The van der Waals surface area contributed by atoms with E-state index in [1.807, 2.05) is 12.1 Å². The van der Waals surface area contributed by atoms with Gasteiger partial charge in [0.15, 0.2) is 0 Å². The van der Waals surface area contributed by atoms with E-state index in [1.54, 1.807) is 31.3 Å². The summed E-state index contributed by atoms with van der Waals surface area (Å²) in [7, 11) is 1.58. The molecule has 0 bridgehead atoms. The van der Waals surface area contributed by atoms with Crippen LogP contribution in [-0.4, -0.2) is 25.4 Å². The standard InChI is InChI=1S/C19H21FN4O2/c1-21-18(25)14-4-2-12(3-5-14)10-22-19(26)16-11-23-24-17(16)13-6-8-15(20)9-7-13/h2-9,16-17,23-24H,10-11H2,1H3,(H,21,25)(H,22,26). The monoisotopic (exact) mass is 356 g/mol. The summed E-state index contributed by atoms with van der Waals surface area (Å²) in [5.74, 6) is -0.843. The van der Waals surface area contributed by atoms with E-state index in [1.165, 1.54) is 12.1 Å². The van der Waals surface area contributed by atoms with Crippen LogP contribution >= 0.6 is 0 Å². The molecule has 4 N–H and O–H groups in total. The Morgan fingerprint density at radius 1 is 1.12 bits per heavy atom. The van der Waals surface area contributed by atoms with Gasteiger partial charge >= 0.3 is 0 Å². The van der Waals surface area contributed by atoms with Gasteiger partial charge in [-0.05, 0) is 35.4 Å². The fourth-order valence-corrected chi connectivity index (χ4v) is 2.97. The molecule has 3 rings (SSSR count). The van der Waals surface area contributed by atoms with Gasteiger partial charge in [0.1, 0.15) is 5.82 Å². The van der Waals surface area contributed by atoms with Gasteiger partial charge in [0.2, 0.25) is 5.91 Å². The summed E-state index contributed by atoms with van der Waals surface area (Å²) in [4.78, 5) is 24.1. The first-order valence-electron chi connectivity index (χ1n) is 8.41. The lowest BCUT2D eigenvalue weighted by molar-refractivity contribution is -0.125. The average Bonchev–Trinajstić information content (AvgIpc) is 3.16. The van der Waals surface area contributed by atoms with Crippen LogP contribution < -0.4 is 21.5 Å². The molecule has 0 aliphatic carbocycles. The largest absolute Gasteiger partial charge is 0.355 e. The Bertz CT molecular complexity index is 777. The van der Waals surface area contributed by atoms with Gasteiger partial charge in [-0.1, -0.05) is 24.3 Å². The molecule has 0 saturated carbocycles. The summed E-state index contributed by atoms with van der Waals surface area (Å²) < 4.78 is 13.1. The lowest BCUT2D eigenvalue weighted by Gasteiger charge is -2.18. The lowest BCUT2D eigenvalue weighted by Crippen LogP contribution is -2.34. The molecule has 1 aliphatic heterocycles. The number of hydrogen-bond acceptors (Lipinski definition) is 4. The first kappa shape index (κ1) is 18.0. The summed E-state index contributed by atoms with van der Waals surface area (Å²) in [5, 5.41) is 5.49. The molecule has 26 heavy (non-hydrogen) atoms. The molecule has 2 atom stereocenters. The predicted octanol–water partition coefficient (Wildman–Crippen LogP) is 1.27. The Hall–Kier alpha value is -2.77. The molecule has 2 aromatic carbocycles. The third-order valence-corrected chi connectivity index (χ3v) is 4.46. The molecule has 0 spiro atoms. The Labute approximate surface area is 151 Å². The van der Waals surface area contributed by atoms with Gasteiger partial charge in [0, 0.05) is 25.7 Å². The summed E-state index contributed by atoms with van der Waals surface area (Å²) in [6.07, 6.45) is 0. The molecule has 2 aromatic rings. The maximum Gasteiger partial charge on any atom is 0.251 e. The highest BCUT2D eigenvalue weighted by molar-refractivity contribution is 5.93. The fraction of sp³-hybridized carbons (Fsp3) is 0.263. The minimum atomic E-state index is -0.305. The molecule has 7 heteroatoms. The van der Waals surface area contributed by atoms with Crippen molar-refractivity contribution in [2.24, 2.45) is 5.92 Å². The first-order valence-corrected chi connectivity index (χ1v) is 8.41. The highest BCUT2D eigenvalue weighted by Gasteiger charge is 2.33. The normalized spacial score (nSPS) is 19.2. The topological polar surface area (TPSA) is 82.3 Å². The van der Waals surface area contributed by atoms with Crippen LogP contribution in [0.5, 0.6) is 0 Å². The third-order valence-electron chi connectivity index (χ3n) is 4.46. The zero-order valence-electron chi connectivity index (χ0n) is 14.4. The van der Waals surface area contributed by atoms with Gasteiger partial charge in [-0.2, -0.15) is 0 Å². The quantitative estimate of drug-likeness (QED) is 0.650.